The second-order valence-corrected chi connectivity index (χ2v) is 4.80. The Labute approximate surface area is 135 Å². The van der Waals surface area contributed by atoms with E-state index in [9.17, 15) is 14.9 Å². The summed E-state index contributed by atoms with van der Waals surface area (Å²) in [6, 6.07) is 12.5. The van der Waals surface area contributed by atoms with E-state index in [1.165, 1.54) is 23.1 Å². The predicted octanol–water partition coefficient (Wildman–Crippen LogP) is 1.93. The third kappa shape index (κ3) is 3.40. The van der Waals surface area contributed by atoms with E-state index in [0.29, 0.717) is 16.8 Å². The molecule has 1 heterocycles. The lowest BCUT2D eigenvalue weighted by molar-refractivity contribution is -0.384. The van der Waals surface area contributed by atoms with Crippen molar-refractivity contribution in [1.29, 1.82) is 0 Å². The molecule has 0 bridgehead atoms. The van der Waals surface area contributed by atoms with E-state index in [1.54, 1.807) is 36.4 Å². The van der Waals surface area contributed by atoms with Crippen LogP contribution in [0.4, 0.5) is 5.69 Å². The van der Waals surface area contributed by atoms with Crippen molar-refractivity contribution in [2.75, 3.05) is 0 Å². The van der Waals surface area contributed by atoms with E-state index in [2.05, 4.69) is 15.5 Å². The summed E-state index contributed by atoms with van der Waals surface area (Å²) in [6.07, 6.45) is 1.44. The van der Waals surface area contributed by atoms with Gasteiger partial charge < -0.3 is 4.74 Å². The molecule has 0 fully saturated rings. The summed E-state index contributed by atoms with van der Waals surface area (Å²) < 4.78 is 6.63. The third-order valence-corrected chi connectivity index (χ3v) is 3.21. The molecule has 0 spiro atoms. The van der Waals surface area contributed by atoms with Crippen LogP contribution in [0.15, 0.2) is 54.9 Å². The van der Waals surface area contributed by atoms with Crippen LogP contribution < -0.4 is 0 Å². The molecule has 120 valence electrons. The quantitative estimate of drug-likeness (QED) is 0.400. The summed E-state index contributed by atoms with van der Waals surface area (Å²) in [5, 5.41) is 21.5. The Morgan fingerprint density at radius 1 is 1.21 bits per heavy atom. The lowest BCUT2D eigenvalue weighted by atomic mass is 10.2. The van der Waals surface area contributed by atoms with Crippen molar-refractivity contribution in [3.63, 3.8) is 0 Å². The van der Waals surface area contributed by atoms with Crippen molar-refractivity contribution in [3.8, 4) is 5.69 Å². The van der Waals surface area contributed by atoms with Crippen LogP contribution in [0.5, 0.6) is 0 Å². The molecule has 0 saturated heterocycles. The zero-order valence-corrected chi connectivity index (χ0v) is 12.3. The molecule has 3 rings (SSSR count). The van der Waals surface area contributed by atoms with E-state index < -0.39 is 10.9 Å². The number of esters is 1. The van der Waals surface area contributed by atoms with Gasteiger partial charge in [0.05, 0.1) is 16.2 Å². The molecule has 0 aliphatic carbocycles. The molecule has 0 saturated carbocycles. The number of non-ortho nitro benzene ring substituents is 1. The normalized spacial score (nSPS) is 10.3. The standard InChI is InChI=1S/C15H11N5O4/c21-15(24-9-11-2-1-3-14(8-11)20(22)23)12-4-6-13(7-5-12)19-10-16-17-18-19/h1-8,10H,9H2. The van der Waals surface area contributed by atoms with Gasteiger partial charge in [-0.1, -0.05) is 12.1 Å². The maximum Gasteiger partial charge on any atom is 0.338 e. The Hall–Kier alpha value is -3.62. The van der Waals surface area contributed by atoms with Crippen LogP contribution >= 0.6 is 0 Å². The number of carbonyl (C=O) groups is 1. The molecule has 24 heavy (non-hydrogen) atoms. The molecule has 2 aromatic carbocycles. The number of carbonyl (C=O) groups excluding carboxylic acids is 1. The smallest absolute Gasteiger partial charge is 0.338 e. The van der Waals surface area contributed by atoms with E-state index in [1.807, 2.05) is 0 Å². The van der Waals surface area contributed by atoms with Crippen LogP contribution in [0.3, 0.4) is 0 Å². The van der Waals surface area contributed by atoms with Gasteiger partial charge in [-0.3, -0.25) is 10.1 Å². The number of ether oxygens (including phenoxy) is 1. The van der Waals surface area contributed by atoms with Gasteiger partial charge in [0.2, 0.25) is 0 Å². The molecular formula is C15H11N5O4. The average molecular weight is 325 g/mol. The van der Waals surface area contributed by atoms with Gasteiger partial charge in [0.1, 0.15) is 12.9 Å². The highest BCUT2D eigenvalue weighted by atomic mass is 16.6. The first-order valence-corrected chi connectivity index (χ1v) is 6.87. The van der Waals surface area contributed by atoms with Crippen molar-refractivity contribution in [2.45, 2.75) is 6.61 Å². The largest absolute Gasteiger partial charge is 0.457 e. The number of hydrogen-bond donors (Lipinski definition) is 0. The number of aromatic nitrogens is 4. The van der Waals surface area contributed by atoms with Gasteiger partial charge in [0.25, 0.3) is 5.69 Å². The molecule has 0 unspecified atom stereocenters. The first-order chi connectivity index (χ1) is 11.6. The Bertz CT molecular complexity index is 862. The number of nitro groups is 1. The molecule has 9 heteroatoms. The fourth-order valence-corrected chi connectivity index (χ4v) is 2.02. The summed E-state index contributed by atoms with van der Waals surface area (Å²) in [4.78, 5) is 22.3. The van der Waals surface area contributed by atoms with Crippen LogP contribution in [-0.2, 0) is 11.3 Å². The van der Waals surface area contributed by atoms with Crippen LogP contribution in [0.1, 0.15) is 15.9 Å². The highest BCUT2D eigenvalue weighted by Gasteiger charge is 2.10. The molecule has 0 aliphatic rings. The Balaban J connectivity index is 1.65. The number of rotatable bonds is 5. The maximum absolute atomic E-state index is 12.0. The summed E-state index contributed by atoms with van der Waals surface area (Å²) in [6.45, 7) is -0.0464. The van der Waals surface area contributed by atoms with Crippen LogP contribution in [-0.4, -0.2) is 31.1 Å². The third-order valence-electron chi connectivity index (χ3n) is 3.21. The van der Waals surface area contributed by atoms with Gasteiger partial charge in [-0.25, -0.2) is 9.48 Å². The number of nitrogens with zero attached hydrogens (tertiary/aromatic N) is 5. The van der Waals surface area contributed by atoms with Crippen molar-refractivity contribution in [3.05, 3.63) is 76.1 Å². The summed E-state index contributed by atoms with van der Waals surface area (Å²) >= 11 is 0. The average Bonchev–Trinajstić information content (AvgIpc) is 3.14. The second-order valence-electron chi connectivity index (χ2n) is 4.80. The maximum atomic E-state index is 12.0. The first kappa shape index (κ1) is 15.3. The van der Waals surface area contributed by atoms with E-state index in [4.69, 9.17) is 4.74 Å². The Morgan fingerprint density at radius 3 is 2.67 bits per heavy atom. The van der Waals surface area contributed by atoms with E-state index >= 15 is 0 Å². The number of hydrogen-bond acceptors (Lipinski definition) is 7. The number of nitro benzene ring substituents is 1. The number of benzene rings is 2. The molecule has 9 nitrogen and oxygen atoms in total. The molecule has 0 amide bonds. The van der Waals surface area contributed by atoms with Crippen LogP contribution in [0, 0.1) is 10.1 Å². The Morgan fingerprint density at radius 2 is 2.00 bits per heavy atom. The van der Waals surface area contributed by atoms with Gasteiger partial charge in [0.15, 0.2) is 0 Å². The second kappa shape index (κ2) is 6.65. The van der Waals surface area contributed by atoms with Crippen molar-refractivity contribution < 1.29 is 14.5 Å². The predicted molar refractivity (Wildman–Crippen MR) is 81.4 cm³/mol. The molecule has 1 aromatic heterocycles. The molecule has 0 radical (unpaired) electrons. The molecule has 0 aliphatic heterocycles. The highest BCUT2D eigenvalue weighted by Crippen LogP contribution is 2.15. The SMILES string of the molecule is O=C(OCc1cccc([N+](=O)[O-])c1)c1ccc(-n2cnnn2)cc1. The van der Waals surface area contributed by atoms with E-state index in [0.717, 1.165) is 0 Å². The van der Waals surface area contributed by atoms with Gasteiger partial charge >= 0.3 is 5.97 Å². The Kier molecular flexibility index (Phi) is 4.23. The fourth-order valence-electron chi connectivity index (χ4n) is 2.02. The van der Waals surface area contributed by atoms with Gasteiger partial charge in [-0.15, -0.1) is 5.10 Å². The number of tetrazole rings is 1. The van der Waals surface area contributed by atoms with Crippen LogP contribution in [0.25, 0.3) is 5.69 Å². The molecular weight excluding hydrogens is 314 g/mol. The van der Waals surface area contributed by atoms with E-state index in [-0.39, 0.29) is 12.3 Å². The monoisotopic (exact) mass is 325 g/mol. The van der Waals surface area contributed by atoms with Crippen LogP contribution in [0.2, 0.25) is 0 Å². The minimum absolute atomic E-state index is 0.0464. The fraction of sp³-hybridized carbons (Fsp3) is 0.0667. The molecule has 0 N–H and O–H groups in total. The minimum atomic E-state index is -0.523. The highest BCUT2D eigenvalue weighted by molar-refractivity contribution is 5.89. The van der Waals surface area contributed by atoms with Crippen molar-refractivity contribution in [2.24, 2.45) is 0 Å². The van der Waals surface area contributed by atoms with Crippen molar-refractivity contribution in [1.82, 2.24) is 20.2 Å². The van der Waals surface area contributed by atoms with Gasteiger partial charge in [-0.05, 0) is 40.3 Å². The minimum Gasteiger partial charge on any atom is -0.457 e. The van der Waals surface area contributed by atoms with Crippen molar-refractivity contribution >= 4 is 11.7 Å². The molecule has 0 atom stereocenters. The summed E-state index contributed by atoms with van der Waals surface area (Å²) in [7, 11) is 0. The lowest BCUT2D eigenvalue weighted by Crippen LogP contribution is -2.06. The lowest BCUT2D eigenvalue weighted by Gasteiger charge is -2.06. The topological polar surface area (TPSA) is 113 Å². The summed E-state index contributed by atoms with van der Waals surface area (Å²) in [5.74, 6) is -0.523. The first-order valence-electron chi connectivity index (χ1n) is 6.87. The zero-order chi connectivity index (χ0) is 16.9. The zero-order valence-electron chi connectivity index (χ0n) is 12.3. The summed E-state index contributed by atoms with van der Waals surface area (Å²) in [5.41, 5.74) is 1.56. The molecule has 3 aromatic rings. The van der Waals surface area contributed by atoms with Gasteiger partial charge in [0, 0.05) is 12.1 Å². The van der Waals surface area contributed by atoms with Gasteiger partial charge in [-0.2, -0.15) is 0 Å².